The molecule has 1 atom stereocenters. The van der Waals surface area contributed by atoms with Gasteiger partial charge in [0.05, 0.1) is 34.5 Å². The normalized spacial score (nSPS) is 19.0. The van der Waals surface area contributed by atoms with Crippen molar-refractivity contribution in [1.82, 2.24) is 5.06 Å². The predicted octanol–water partition coefficient (Wildman–Crippen LogP) is 5.18. The highest BCUT2D eigenvalue weighted by Gasteiger charge is 2.53. The van der Waals surface area contributed by atoms with Gasteiger partial charge in [0.1, 0.15) is 0 Å². The molecule has 0 radical (unpaired) electrons. The Morgan fingerprint density at radius 2 is 0.767 bits per heavy atom. The van der Waals surface area contributed by atoms with Crippen molar-refractivity contribution in [2.24, 2.45) is 5.92 Å². The van der Waals surface area contributed by atoms with Crippen molar-refractivity contribution in [2.75, 3.05) is 18.8 Å². The summed E-state index contributed by atoms with van der Waals surface area (Å²) in [6.45, 7) is 0. The number of rotatable bonds is 8. The standard InChI is InChI=1S/C13H22N2O4S2.C13H24O5S2.C5H4F3NO5S.C3H9S.3CHF3O3S.2H2O.4H2/c14-15-13(20(16,17)11-7-3-1-4-8-11)21(18,19)12-9-5-2-6-10-12;14-19(15,12-9-5-2-6-10-12)13(20(16,17)18)11-7-3-1-4-8-11;6-5(7,8)15(12,13)14-9-3(10)1-2-4(9)11;1-4(2)3;3*2-1(3,4)8(5,6)7;;;;;;/h11-12H,1-10H2;11-13H,1-10H2,(H,16,17,18);1-2H2;1-3H3;3*(H,5,6,7);2*1H2;4*1H/q;;;+1;;;;;;;;;/p-1. The second-order valence-corrected chi connectivity index (χ2v) is 35.5. The van der Waals surface area contributed by atoms with Crippen LogP contribution in [0.5, 0.6) is 0 Å². The number of carbonyl (C=O) groups excluding carboxylic acids is 2. The summed E-state index contributed by atoms with van der Waals surface area (Å²) >= 11 is 0. The van der Waals surface area contributed by atoms with Crippen LogP contribution in [-0.2, 0) is 105 Å². The number of amides is 2. The van der Waals surface area contributed by atoms with Crippen LogP contribution in [0.3, 0.4) is 0 Å². The average Bonchev–Trinajstić information content (AvgIpc) is 1.85. The molecule has 524 valence electrons. The molecule has 0 bridgehead atoms. The molecular formula is C37H73F12N3O25S9. The summed E-state index contributed by atoms with van der Waals surface area (Å²) < 4.78 is 339. The number of nitrogens with zero attached hydrogens (tertiary/aromatic N) is 3. The Kier molecular flexibility index (Phi) is 37.4. The minimum Gasteiger partial charge on any atom is -0.741 e. The molecule has 0 aromatic carbocycles. The van der Waals surface area contributed by atoms with E-state index in [1.807, 2.05) is 0 Å². The maximum Gasteiger partial charge on any atom is 0.525 e. The van der Waals surface area contributed by atoms with Crippen LogP contribution in [-0.4, -0.2) is 184 Å². The number of alkyl halides is 12. The van der Waals surface area contributed by atoms with Gasteiger partial charge in [-0.05, 0) is 68.2 Å². The van der Waals surface area contributed by atoms with Crippen LogP contribution >= 0.6 is 0 Å². The SMILES string of the molecule is C[S+](C)C.O.O.O=C1CCC(=O)N1OS(=O)(=O)C(F)(F)F.O=S(=O)(O)C(C1CCCCC1)S(=O)(=O)C1CCCCC1.O=S(=O)(O)C(F)(F)F.O=S(=O)(O)C(F)(F)F.O=S(=O)([O-])C(F)(F)F.[HH].[HH].[HH].[HH].[N-]=[N+]=C(S(=O)(=O)C1CCCCC1)S(=O)(=O)C1CCCCC1. The maximum atomic E-state index is 12.7. The summed E-state index contributed by atoms with van der Waals surface area (Å²) in [5.74, 6) is -2.67. The Hall–Kier alpha value is -2.65. The fourth-order valence-corrected chi connectivity index (χ4v) is 17.8. The third-order valence-electron chi connectivity index (χ3n) is 11.5. The molecule has 4 aliphatic carbocycles. The Morgan fingerprint density at radius 3 is 0.977 bits per heavy atom. The van der Waals surface area contributed by atoms with Crippen LogP contribution in [0, 0.1) is 5.92 Å². The first-order valence-corrected chi connectivity index (χ1v) is 38.1. The lowest BCUT2D eigenvalue weighted by molar-refractivity contribution is -0.167. The Labute approximate surface area is 497 Å². The molecule has 4 saturated carbocycles. The molecule has 49 heteroatoms. The monoisotopic (exact) mass is 1480 g/mol. The fraction of sp³-hybridized carbons (Fsp3) is 0.919. The van der Waals surface area contributed by atoms with Gasteiger partial charge >= 0.3 is 56.8 Å². The topological polar surface area (TPSA) is 503 Å². The van der Waals surface area contributed by atoms with Crippen molar-refractivity contribution in [3.63, 3.8) is 0 Å². The molecule has 1 aliphatic heterocycles. The number of hydroxylamine groups is 2. The lowest BCUT2D eigenvalue weighted by Gasteiger charge is -2.32. The summed E-state index contributed by atoms with van der Waals surface area (Å²) in [5, 5.41) is -2.43. The highest BCUT2D eigenvalue weighted by Crippen LogP contribution is 2.37. The number of imide groups is 1. The van der Waals surface area contributed by atoms with Crippen LogP contribution in [0.4, 0.5) is 52.7 Å². The van der Waals surface area contributed by atoms with Crippen LogP contribution in [0.25, 0.3) is 5.53 Å². The van der Waals surface area contributed by atoms with E-state index in [0.717, 1.165) is 77.0 Å². The summed E-state index contributed by atoms with van der Waals surface area (Å²) in [6, 6.07) is 0. The van der Waals surface area contributed by atoms with Gasteiger partial charge < -0.3 is 21.0 Å². The minimum absolute atomic E-state index is 0. The lowest BCUT2D eigenvalue weighted by Crippen LogP contribution is -2.43. The number of halogens is 12. The molecule has 0 aromatic rings. The lowest BCUT2D eigenvalue weighted by atomic mass is 9.91. The third-order valence-corrected chi connectivity index (χ3v) is 24.4. The van der Waals surface area contributed by atoms with Gasteiger partial charge in [-0.3, -0.25) is 23.2 Å². The molecule has 28 nitrogen and oxygen atoms in total. The zero-order valence-electron chi connectivity index (χ0n) is 45.0. The Morgan fingerprint density at radius 1 is 0.523 bits per heavy atom. The molecule has 1 heterocycles. The second-order valence-electron chi connectivity index (χ2n) is 18.6. The molecule has 7 N–H and O–H groups in total. The van der Waals surface area contributed by atoms with E-state index in [1.54, 1.807) is 0 Å². The zero-order valence-corrected chi connectivity index (χ0v) is 52.3. The minimum atomic E-state index is -6.09. The van der Waals surface area contributed by atoms with Crippen LogP contribution in [0.1, 0.15) is 147 Å². The molecule has 86 heavy (non-hydrogen) atoms. The molecule has 1 unspecified atom stereocenters. The smallest absolute Gasteiger partial charge is 0.525 e. The number of carbonyl (C=O) groups is 2. The first kappa shape index (κ1) is 89.8. The maximum absolute atomic E-state index is 12.7. The van der Waals surface area contributed by atoms with Gasteiger partial charge in [-0.15, -0.1) is 14.1 Å². The fourth-order valence-electron chi connectivity index (χ4n) is 7.76. The largest absolute Gasteiger partial charge is 0.741 e. The van der Waals surface area contributed by atoms with E-state index in [0.29, 0.717) is 62.3 Å². The first-order valence-electron chi connectivity index (χ1n) is 23.7. The van der Waals surface area contributed by atoms with E-state index in [-0.39, 0.29) is 34.6 Å². The molecule has 0 aromatic heterocycles. The van der Waals surface area contributed by atoms with Crippen molar-refractivity contribution < 1.29 is 174 Å². The second kappa shape index (κ2) is 35.8. The number of hydrogen-bond donors (Lipinski definition) is 3. The molecular weight excluding hydrogens is 1400 g/mol. The van der Waals surface area contributed by atoms with Gasteiger partial charge in [0.25, 0.3) is 41.6 Å². The summed E-state index contributed by atoms with van der Waals surface area (Å²) in [6.07, 6.45) is 20.2. The van der Waals surface area contributed by atoms with E-state index in [4.69, 9.17) is 44.4 Å². The highest BCUT2D eigenvalue weighted by molar-refractivity contribution is 8.31. The van der Waals surface area contributed by atoms with Crippen LogP contribution < -0.4 is 0 Å². The van der Waals surface area contributed by atoms with Crippen LogP contribution in [0.15, 0.2) is 0 Å². The summed E-state index contributed by atoms with van der Waals surface area (Å²) in [4.78, 5) is 24.2. The van der Waals surface area contributed by atoms with E-state index in [2.05, 4.69) is 27.8 Å². The number of hydrogen-bond acceptors (Lipinski definition) is 20. The molecule has 2 amide bonds. The Balaban J connectivity index is -0.000000152. The summed E-state index contributed by atoms with van der Waals surface area (Å²) in [7, 11) is -39.6. The van der Waals surface area contributed by atoms with Crippen molar-refractivity contribution >= 4 is 107 Å². The third kappa shape index (κ3) is 30.4. The first-order chi connectivity index (χ1) is 37.4. The van der Waals surface area contributed by atoms with Crippen molar-refractivity contribution in [1.29, 1.82) is 0 Å². The van der Waals surface area contributed by atoms with Gasteiger partial charge in [-0.2, -0.15) is 86.4 Å². The average molecular weight is 1480 g/mol. The van der Waals surface area contributed by atoms with E-state index < -0.39 is 145 Å². The van der Waals surface area contributed by atoms with Crippen LogP contribution in [0.2, 0.25) is 0 Å². The van der Waals surface area contributed by atoms with Gasteiger partial charge in [0.15, 0.2) is 24.5 Å². The Bertz CT molecular complexity index is 2990. The quantitative estimate of drug-likeness (QED) is 0.0324. The van der Waals surface area contributed by atoms with Crippen molar-refractivity contribution in [3.05, 3.63) is 5.53 Å². The van der Waals surface area contributed by atoms with E-state index in [1.165, 1.54) is 0 Å². The summed E-state index contributed by atoms with van der Waals surface area (Å²) in [5.41, 5.74) is -13.3. The van der Waals surface area contributed by atoms with Gasteiger partial charge in [0, 0.05) is 18.5 Å². The van der Waals surface area contributed by atoms with Gasteiger partial charge in [0.2, 0.25) is 0 Å². The number of sulfone groups is 3. The van der Waals surface area contributed by atoms with E-state index in [9.17, 15) is 109 Å². The van der Waals surface area contributed by atoms with E-state index >= 15 is 0 Å². The zero-order chi connectivity index (χ0) is 66.7. The molecule has 5 fully saturated rings. The van der Waals surface area contributed by atoms with Gasteiger partial charge in [-0.25, -0.2) is 33.7 Å². The van der Waals surface area contributed by atoms with Gasteiger partial charge in [-0.1, -0.05) is 77.0 Å². The van der Waals surface area contributed by atoms with Crippen molar-refractivity contribution in [3.8, 4) is 0 Å². The molecule has 1 saturated heterocycles. The highest BCUT2D eigenvalue weighted by atomic mass is 32.3. The molecule has 0 spiro atoms. The molecule has 5 rings (SSSR count). The predicted molar refractivity (Wildman–Crippen MR) is 287 cm³/mol. The molecule has 5 aliphatic rings. The van der Waals surface area contributed by atoms with Crippen molar-refractivity contribution in [2.45, 2.75) is 184 Å².